The Balaban J connectivity index is 3.13. The van der Waals surface area contributed by atoms with Crippen molar-refractivity contribution >= 4 is 5.78 Å². The molecule has 0 amide bonds. The quantitative estimate of drug-likeness (QED) is 0.741. The fourth-order valence-corrected chi connectivity index (χ4v) is 1.29. The first-order chi connectivity index (χ1) is 6.54. The van der Waals surface area contributed by atoms with E-state index in [1.54, 1.807) is 13.0 Å². The van der Waals surface area contributed by atoms with Crippen molar-refractivity contribution in [1.29, 1.82) is 0 Å². The maximum absolute atomic E-state index is 13.2. The summed E-state index contributed by atoms with van der Waals surface area (Å²) in [6, 6.07) is 2.96. The zero-order chi connectivity index (χ0) is 10.7. The fourth-order valence-electron chi connectivity index (χ4n) is 1.29. The van der Waals surface area contributed by atoms with Gasteiger partial charge in [-0.15, -0.1) is 0 Å². The third-order valence-electron chi connectivity index (χ3n) is 2.00. The Labute approximate surface area is 82.7 Å². The smallest absolute Gasteiger partial charge is 0.134 e. The van der Waals surface area contributed by atoms with E-state index in [4.69, 9.17) is 4.74 Å². The SMILES string of the molecule is COc1cc(C)c(F)cc1CC(C)=O. The second-order valence-corrected chi connectivity index (χ2v) is 3.29. The molecule has 0 aromatic heterocycles. The van der Waals surface area contributed by atoms with Crippen molar-refractivity contribution in [2.75, 3.05) is 7.11 Å². The van der Waals surface area contributed by atoms with E-state index < -0.39 is 0 Å². The predicted molar refractivity (Wildman–Crippen MR) is 52.1 cm³/mol. The Morgan fingerprint density at radius 2 is 2.14 bits per heavy atom. The zero-order valence-corrected chi connectivity index (χ0v) is 8.56. The number of carbonyl (C=O) groups is 1. The Morgan fingerprint density at radius 3 is 2.64 bits per heavy atom. The molecular formula is C11H13FO2. The van der Waals surface area contributed by atoms with Crippen LogP contribution in [0.3, 0.4) is 0 Å². The van der Waals surface area contributed by atoms with E-state index in [9.17, 15) is 9.18 Å². The van der Waals surface area contributed by atoms with Crippen molar-refractivity contribution in [2.24, 2.45) is 0 Å². The lowest BCUT2D eigenvalue weighted by atomic mass is 10.1. The van der Waals surface area contributed by atoms with Gasteiger partial charge in [0.25, 0.3) is 0 Å². The van der Waals surface area contributed by atoms with Crippen molar-refractivity contribution in [2.45, 2.75) is 20.3 Å². The molecule has 1 rings (SSSR count). The second kappa shape index (κ2) is 4.22. The highest BCUT2D eigenvalue weighted by Gasteiger charge is 2.09. The number of ether oxygens (including phenoxy) is 1. The summed E-state index contributed by atoms with van der Waals surface area (Å²) >= 11 is 0. The summed E-state index contributed by atoms with van der Waals surface area (Å²) in [6.07, 6.45) is 0.209. The topological polar surface area (TPSA) is 26.3 Å². The van der Waals surface area contributed by atoms with Gasteiger partial charge in [-0.1, -0.05) is 0 Å². The van der Waals surface area contributed by atoms with Gasteiger partial charge >= 0.3 is 0 Å². The number of benzene rings is 1. The summed E-state index contributed by atoms with van der Waals surface area (Å²) in [5.74, 6) is 0.257. The minimum Gasteiger partial charge on any atom is -0.496 e. The summed E-state index contributed by atoms with van der Waals surface area (Å²) in [5.41, 5.74) is 1.12. The fraction of sp³-hybridized carbons (Fsp3) is 0.364. The first-order valence-corrected chi connectivity index (χ1v) is 4.37. The van der Waals surface area contributed by atoms with Crippen molar-refractivity contribution in [3.05, 3.63) is 29.1 Å². The Hall–Kier alpha value is -1.38. The summed E-state index contributed by atoms with van der Waals surface area (Å²) in [7, 11) is 1.51. The Bertz CT molecular complexity index is 359. The van der Waals surface area contributed by atoms with Crippen LogP contribution in [0.25, 0.3) is 0 Å². The van der Waals surface area contributed by atoms with Gasteiger partial charge in [-0.05, 0) is 31.5 Å². The molecule has 14 heavy (non-hydrogen) atoms. The molecule has 0 unspecified atom stereocenters. The normalized spacial score (nSPS) is 10.0. The van der Waals surface area contributed by atoms with E-state index >= 15 is 0 Å². The van der Waals surface area contributed by atoms with E-state index in [0.717, 1.165) is 0 Å². The van der Waals surface area contributed by atoms with Crippen LogP contribution in [0.1, 0.15) is 18.1 Å². The van der Waals surface area contributed by atoms with E-state index in [1.807, 2.05) is 0 Å². The first kappa shape index (κ1) is 10.7. The predicted octanol–water partition coefficient (Wildman–Crippen LogP) is 2.27. The number of hydrogen-bond donors (Lipinski definition) is 0. The van der Waals surface area contributed by atoms with Crippen molar-refractivity contribution in [3.8, 4) is 5.75 Å². The van der Waals surface area contributed by atoms with Crippen LogP contribution in [0.4, 0.5) is 4.39 Å². The average molecular weight is 196 g/mol. The number of aryl methyl sites for hydroxylation is 1. The molecule has 1 aromatic rings. The number of halogens is 1. The van der Waals surface area contributed by atoms with Crippen LogP contribution in [0, 0.1) is 12.7 Å². The maximum atomic E-state index is 13.2. The van der Waals surface area contributed by atoms with Crippen LogP contribution in [0.15, 0.2) is 12.1 Å². The largest absolute Gasteiger partial charge is 0.496 e. The van der Waals surface area contributed by atoms with Crippen LogP contribution in [0.5, 0.6) is 5.75 Å². The molecule has 0 saturated heterocycles. The highest BCUT2D eigenvalue weighted by molar-refractivity contribution is 5.79. The van der Waals surface area contributed by atoms with Gasteiger partial charge < -0.3 is 4.74 Å². The molecule has 76 valence electrons. The molecule has 1 aromatic carbocycles. The molecule has 0 radical (unpaired) electrons. The lowest BCUT2D eigenvalue weighted by Gasteiger charge is -2.08. The maximum Gasteiger partial charge on any atom is 0.134 e. The monoisotopic (exact) mass is 196 g/mol. The Morgan fingerprint density at radius 1 is 1.50 bits per heavy atom. The highest BCUT2D eigenvalue weighted by Crippen LogP contribution is 2.23. The first-order valence-electron chi connectivity index (χ1n) is 4.37. The standard InChI is InChI=1S/C11H13FO2/c1-7-4-11(14-3)9(5-8(2)13)6-10(7)12/h4,6H,5H2,1-3H3. The summed E-state index contributed by atoms with van der Waals surface area (Å²) in [6.45, 7) is 3.13. The highest BCUT2D eigenvalue weighted by atomic mass is 19.1. The molecule has 2 nitrogen and oxygen atoms in total. The molecule has 0 atom stereocenters. The molecule has 0 bridgehead atoms. The molecule has 3 heteroatoms. The minimum atomic E-state index is -0.304. The molecule has 0 N–H and O–H groups in total. The number of methoxy groups -OCH3 is 1. The minimum absolute atomic E-state index is 0.00782. The molecule has 0 saturated carbocycles. The van der Waals surface area contributed by atoms with E-state index in [-0.39, 0.29) is 18.0 Å². The van der Waals surface area contributed by atoms with Crippen LogP contribution in [-0.4, -0.2) is 12.9 Å². The molecule has 0 fully saturated rings. The third kappa shape index (κ3) is 2.31. The molecule has 0 heterocycles. The second-order valence-electron chi connectivity index (χ2n) is 3.29. The lowest BCUT2D eigenvalue weighted by Crippen LogP contribution is -2.01. The number of ketones is 1. The van der Waals surface area contributed by atoms with Gasteiger partial charge in [-0.2, -0.15) is 0 Å². The van der Waals surface area contributed by atoms with Gasteiger partial charge in [0, 0.05) is 12.0 Å². The number of hydrogen-bond acceptors (Lipinski definition) is 2. The lowest BCUT2D eigenvalue weighted by molar-refractivity contribution is -0.116. The van der Waals surface area contributed by atoms with Crippen molar-refractivity contribution < 1.29 is 13.9 Å². The number of Topliss-reactive ketones (excluding diaryl/α,β-unsaturated/α-hetero) is 1. The van der Waals surface area contributed by atoms with Crippen molar-refractivity contribution in [3.63, 3.8) is 0 Å². The van der Waals surface area contributed by atoms with Gasteiger partial charge in [0.1, 0.15) is 17.3 Å². The van der Waals surface area contributed by atoms with E-state index in [1.165, 1.54) is 20.1 Å². The van der Waals surface area contributed by atoms with Gasteiger partial charge in [0.15, 0.2) is 0 Å². The van der Waals surface area contributed by atoms with E-state index in [0.29, 0.717) is 16.9 Å². The summed E-state index contributed by atoms with van der Waals surface area (Å²) in [5, 5.41) is 0. The van der Waals surface area contributed by atoms with Gasteiger partial charge in [0.2, 0.25) is 0 Å². The van der Waals surface area contributed by atoms with Gasteiger partial charge in [-0.3, -0.25) is 4.79 Å². The molecule has 0 aliphatic heterocycles. The molecule has 0 spiro atoms. The Kier molecular flexibility index (Phi) is 3.23. The summed E-state index contributed by atoms with van der Waals surface area (Å²) in [4.78, 5) is 10.9. The molecule has 0 aliphatic carbocycles. The van der Waals surface area contributed by atoms with Crippen LogP contribution in [0.2, 0.25) is 0 Å². The van der Waals surface area contributed by atoms with Crippen LogP contribution in [-0.2, 0) is 11.2 Å². The van der Waals surface area contributed by atoms with Gasteiger partial charge in [0.05, 0.1) is 7.11 Å². The molecule has 0 aliphatic rings. The average Bonchev–Trinajstić information content (AvgIpc) is 2.10. The number of carbonyl (C=O) groups excluding carboxylic acids is 1. The zero-order valence-electron chi connectivity index (χ0n) is 8.56. The summed E-state index contributed by atoms with van der Waals surface area (Å²) < 4.78 is 18.2. The van der Waals surface area contributed by atoms with Crippen molar-refractivity contribution in [1.82, 2.24) is 0 Å². The van der Waals surface area contributed by atoms with Crippen LogP contribution < -0.4 is 4.74 Å². The van der Waals surface area contributed by atoms with E-state index in [2.05, 4.69) is 0 Å². The van der Waals surface area contributed by atoms with Gasteiger partial charge in [-0.25, -0.2) is 4.39 Å². The third-order valence-corrected chi connectivity index (χ3v) is 2.00. The number of rotatable bonds is 3. The van der Waals surface area contributed by atoms with Crippen LogP contribution >= 0.6 is 0 Å². The molecular weight excluding hydrogens is 183 g/mol.